The van der Waals surface area contributed by atoms with Crippen LogP contribution in [0.1, 0.15) is 25.0 Å². The fourth-order valence-corrected chi connectivity index (χ4v) is 2.66. The summed E-state index contributed by atoms with van der Waals surface area (Å²) in [5, 5.41) is 9.70. The van der Waals surface area contributed by atoms with Gasteiger partial charge in [-0.05, 0) is 38.0 Å². The number of halogens is 3. The van der Waals surface area contributed by atoms with Crippen LogP contribution in [0.3, 0.4) is 0 Å². The summed E-state index contributed by atoms with van der Waals surface area (Å²) in [6, 6.07) is 3.95. The number of fused-ring (bicyclic) bond motifs is 1. The summed E-state index contributed by atoms with van der Waals surface area (Å²) in [5.41, 5.74) is 0.317. The van der Waals surface area contributed by atoms with Crippen LogP contribution in [0.5, 0.6) is 0 Å². The Labute approximate surface area is 104 Å². The van der Waals surface area contributed by atoms with Gasteiger partial charge in [0.25, 0.3) is 0 Å². The third-order valence-corrected chi connectivity index (χ3v) is 3.48. The van der Waals surface area contributed by atoms with E-state index in [0.29, 0.717) is 17.8 Å². The Balaban J connectivity index is 2.49. The van der Waals surface area contributed by atoms with Gasteiger partial charge in [-0.15, -0.1) is 0 Å². The van der Waals surface area contributed by atoms with Crippen molar-refractivity contribution < 1.29 is 18.3 Å². The zero-order chi connectivity index (χ0) is 13.5. The Morgan fingerprint density at radius 1 is 1.44 bits per heavy atom. The van der Waals surface area contributed by atoms with Crippen LogP contribution in [0.15, 0.2) is 18.2 Å². The SMILES string of the molecule is CCN1c2cccc(C(F)(F)F)c2CC1C(C)O. The van der Waals surface area contributed by atoms with E-state index in [9.17, 15) is 18.3 Å². The molecule has 1 aliphatic heterocycles. The van der Waals surface area contributed by atoms with Gasteiger partial charge in [-0.3, -0.25) is 0 Å². The lowest BCUT2D eigenvalue weighted by atomic mass is 10.0. The van der Waals surface area contributed by atoms with Gasteiger partial charge in [0.2, 0.25) is 0 Å². The van der Waals surface area contributed by atoms with Gasteiger partial charge in [-0.2, -0.15) is 13.2 Å². The van der Waals surface area contributed by atoms with Crippen LogP contribution in [0.4, 0.5) is 18.9 Å². The summed E-state index contributed by atoms with van der Waals surface area (Å²) in [7, 11) is 0. The van der Waals surface area contributed by atoms with Crippen LogP contribution in [0, 0.1) is 0 Å². The Morgan fingerprint density at radius 2 is 2.11 bits per heavy atom. The number of likely N-dealkylation sites (N-methyl/N-ethyl adjacent to an activating group) is 1. The highest BCUT2D eigenvalue weighted by molar-refractivity contribution is 5.63. The third kappa shape index (κ3) is 2.07. The first-order chi connectivity index (χ1) is 8.36. The van der Waals surface area contributed by atoms with Gasteiger partial charge in [-0.25, -0.2) is 0 Å². The topological polar surface area (TPSA) is 23.5 Å². The van der Waals surface area contributed by atoms with E-state index in [-0.39, 0.29) is 12.5 Å². The molecule has 0 saturated heterocycles. The molecular formula is C13H16F3NO. The van der Waals surface area contributed by atoms with Gasteiger partial charge in [0, 0.05) is 12.2 Å². The number of aliphatic hydroxyl groups excluding tert-OH is 1. The first-order valence-corrected chi connectivity index (χ1v) is 6.00. The molecule has 18 heavy (non-hydrogen) atoms. The highest BCUT2D eigenvalue weighted by Gasteiger charge is 2.40. The van der Waals surface area contributed by atoms with Crippen LogP contribution < -0.4 is 4.90 Å². The predicted molar refractivity (Wildman–Crippen MR) is 63.6 cm³/mol. The smallest absolute Gasteiger partial charge is 0.391 e. The molecule has 0 aliphatic carbocycles. The molecule has 1 aromatic carbocycles. The van der Waals surface area contributed by atoms with Gasteiger partial charge < -0.3 is 10.0 Å². The predicted octanol–water partition coefficient (Wildman–Crippen LogP) is 2.84. The van der Waals surface area contributed by atoms with Crippen LogP contribution in [-0.2, 0) is 12.6 Å². The van der Waals surface area contributed by atoms with Crippen molar-refractivity contribution in [1.29, 1.82) is 0 Å². The van der Waals surface area contributed by atoms with Crippen LogP contribution in [0.25, 0.3) is 0 Å². The van der Waals surface area contributed by atoms with Crippen molar-refractivity contribution in [2.45, 2.75) is 38.6 Å². The molecule has 0 fully saturated rings. The van der Waals surface area contributed by atoms with Crippen molar-refractivity contribution in [3.63, 3.8) is 0 Å². The number of alkyl halides is 3. The maximum atomic E-state index is 12.9. The molecule has 0 amide bonds. The molecule has 0 saturated carbocycles. The molecule has 2 rings (SSSR count). The standard InChI is InChI=1S/C13H16F3NO/c1-3-17-11-6-4-5-10(13(14,15)16)9(11)7-12(17)8(2)18/h4-6,8,12,18H,3,7H2,1-2H3. The van der Waals surface area contributed by atoms with Crippen molar-refractivity contribution in [1.82, 2.24) is 0 Å². The fourth-order valence-electron chi connectivity index (χ4n) is 2.66. The molecule has 1 heterocycles. The van der Waals surface area contributed by atoms with Crippen molar-refractivity contribution in [3.8, 4) is 0 Å². The van der Waals surface area contributed by atoms with E-state index in [1.165, 1.54) is 6.07 Å². The average Bonchev–Trinajstić information content (AvgIpc) is 2.65. The van der Waals surface area contributed by atoms with E-state index < -0.39 is 17.8 Å². The maximum Gasteiger partial charge on any atom is 0.416 e. The molecule has 5 heteroatoms. The Kier molecular flexibility index (Phi) is 3.27. The Morgan fingerprint density at radius 3 is 2.61 bits per heavy atom. The lowest BCUT2D eigenvalue weighted by Crippen LogP contribution is -2.39. The summed E-state index contributed by atoms with van der Waals surface area (Å²) < 4.78 is 38.8. The molecule has 0 bridgehead atoms. The van der Waals surface area contributed by atoms with E-state index in [0.717, 1.165) is 6.07 Å². The van der Waals surface area contributed by atoms with Gasteiger partial charge >= 0.3 is 6.18 Å². The van der Waals surface area contributed by atoms with Crippen molar-refractivity contribution in [3.05, 3.63) is 29.3 Å². The number of benzene rings is 1. The van der Waals surface area contributed by atoms with Crippen molar-refractivity contribution in [2.24, 2.45) is 0 Å². The number of nitrogens with zero attached hydrogens (tertiary/aromatic N) is 1. The molecule has 1 aliphatic rings. The monoisotopic (exact) mass is 259 g/mol. The first kappa shape index (κ1) is 13.2. The second-order valence-corrected chi connectivity index (χ2v) is 4.60. The second kappa shape index (κ2) is 4.46. The highest BCUT2D eigenvalue weighted by Crippen LogP contribution is 2.41. The first-order valence-electron chi connectivity index (χ1n) is 6.00. The van der Waals surface area contributed by atoms with Crippen LogP contribution in [0.2, 0.25) is 0 Å². The van der Waals surface area contributed by atoms with E-state index >= 15 is 0 Å². The summed E-state index contributed by atoms with van der Waals surface area (Å²) in [4.78, 5) is 1.84. The molecule has 100 valence electrons. The molecule has 2 atom stereocenters. The number of hydrogen-bond acceptors (Lipinski definition) is 2. The number of anilines is 1. The molecule has 0 aromatic heterocycles. The number of hydrogen-bond donors (Lipinski definition) is 1. The van der Waals surface area contributed by atoms with Crippen LogP contribution >= 0.6 is 0 Å². The lowest BCUT2D eigenvalue weighted by molar-refractivity contribution is -0.138. The third-order valence-electron chi connectivity index (χ3n) is 3.48. The zero-order valence-electron chi connectivity index (χ0n) is 10.3. The molecule has 0 spiro atoms. The highest BCUT2D eigenvalue weighted by atomic mass is 19.4. The minimum Gasteiger partial charge on any atom is -0.391 e. The summed E-state index contributed by atoms with van der Waals surface area (Å²) in [6.45, 7) is 4.08. The van der Waals surface area contributed by atoms with Crippen LogP contribution in [-0.4, -0.2) is 23.8 Å². The summed E-state index contributed by atoms with van der Waals surface area (Å²) >= 11 is 0. The zero-order valence-corrected chi connectivity index (χ0v) is 10.3. The number of rotatable bonds is 2. The minimum absolute atomic E-state index is 0.247. The molecule has 1 N–H and O–H groups in total. The Bertz CT molecular complexity index is 442. The van der Waals surface area contributed by atoms with Gasteiger partial charge in [0.15, 0.2) is 0 Å². The maximum absolute atomic E-state index is 12.9. The number of aliphatic hydroxyl groups is 1. The average molecular weight is 259 g/mol. The molecular weight excluding hydrogens is 243 g/mol. The second-order valence-electron chi connectivity index (χ2n) is 4.60. The lowest BCUT2D eigenvalue weighted by Gasteiger charge is -2.28. The van der Waals surface area contributed by atoms with E-state index in [1.807, 2.05) is 11.8 Å². The van der Waals surface area contributed by atoms with Gasteiger partial charge in [-0.1, -0.05) is 6.07 Å². The summed E-state index contributed by atoms with van der Waals surface area (Å²) in [5.74, 6) is 0. The van der Waals surface area contributed by atoms with Gasteiger partial charge in [0.1, 0.15) is 0 Å². The minimum atomic E-state index is -4.33. The Hall–Kier alpha value is -1.23. The van der Waals surface area contributed by atoms with E-state index in [4.69, 9.17) is 0 Å². The largest absolute Gasteiger partial charge is 0.416 e. The molecule has 2 unspecified atom stereocenters. The quantitative estimate of drug-likeness (QED) is 0.882. The molecule has 2 nitrogen and oxygen atoms in total. The van der Waals surface area contributed by atoms with E-state index in [2.05, 4.69) is 0 Å². The van der Waals surface area contributed by atoms with E-state index in [1.54, 1.807) is 13.0 Å². The molecule has 1 aromatic rings. The fraction of sp³-hybridized carbons (Fsp3) is 0.538. The summed E-state index contributed by atoms with van der Waals surface area (Å²) in [6.07, 6.45) is -4.74. The van der Waals surface area contributed by atoms with Crippen molar-refractivity contribution >= 4 is 5.69 Å². The van der Waals surface area contributed by atoms with Gasteiger partial charge in [0.05, 0.1) is 17.7 Å². The normalized spacial score (nSPS) is 21.0. The molecule has 0 radical (unpaired) electrons. The van der Waals surface area contributed by atoms with Crippen molar-refractivity contribution in [2.75, 3.05) is 11.4 Å².